The molecule has 2 atom stereocenters. The van der Waals surface area contributed by atoms with E-state index in [1.165, 1.54) is 17.2 Å². The maximum Gasteiger partial charge on any atom is 0.414 e. The first-order chi connectivity index (χ1) is 17.1. The number of halogens is 2. The lowest BCUT2D eigenvalue weighted by Crippen LogP contribution is -3.00. The van der Waals surface area contributed by atoms with Crippen LogP contribution in [0.25, 0.3) is 0 Å². The highest BCUT2D eigenvalue weighted by Gasteiger charge is 2.34. The lowest BCUT2D eigenvalue weighted by molar-refractivity contribution is -0.873. The summed E-state index contributed by atoms with van der Waals surface area (Å²) >= 11 is 0. The molecule has 1 N–H and O–H groups in total. The monoisotopic (exact) mass is 541 g/mol. The minimum absolute atomic E-state index is 0. The third-order valence-corrected chi connectivity index (χ3v) is 6.09. The SMILES string of the molecule is C[N+](C)(C)C[C@H](O)CC(=O)N1CCN(c2ccc(N3CC(COc4ccon4)OC3=O)cc2F)CC1.[Cl-]. The summed E-state index contributed by atoms with van der Waals surface area (Å²) in [5.41, 5.74) is 0.805. The third kappa shape index (κ3) is 7.46. The molecule has 3 heterocycles. The molecule has 1 unspecified atom stereocenters. The lowest BCUT2D eigenvalue weighted by atomic mass is 10.1. The van der Waals surface area contributed by atoms with Crippen LogP contribution < -0.4 is 26.9 Å². The molecule has 2 fully saturated rings. The molecule has 2 aliphatic rings. The highest BCUT2D eigenvalue weighted by atomic mass is 35.5. The molecular weight excluding hydrogens is 509 g/mol. The molecule has 13 heteroatoms. The first-order valence-corrected chi connectivity index (χ1v) is 11.9. The van der Waals surface area contributed by atoms with Crippen LogP contribution in [0.15, 0.2) is 35.1 Å². The number of aromatic nitrogens is 1. The van der Waals surface area contributed by atoms with Gasteiger partial charge in [-0.1, -0.05) is 0 Å². The van der Waals surface area contributed by atoms with Crippen LogP contribution in [-0.2, 0) is 9.53 Å². The van der Waals surface area contributed by atoms with E-state index < -0.39 is 24.1 Å². The van der Waals surface area contributed by atoms with Gasteiger partial charge in [0, 0.05) is 32.2 Å². The first-order valence-electron chi connectivity index (χ1n) is 11.9. The van der Waals surface area contributed by atoms with E-state index in [1.807, 2.05) is 26.0 Å². The van der Waals surface area contributed by atoms with Crippen molar-refractivity contribution in [2.45, 2.75) is 18.6 Å². The van der Waals surface area contributed by atoms with E-state index in [9.17, 15) is 14.7 Å². The standard InChI is InChI=1S/C24H33FN5O6.ClH/c1-30(2,3)15-18(31)13-23(32)28-9-7-27(8-10-28)21-5-4-17(12-20(21)25)29-14-19(36-24(29)33)16-34-22-6-11-35-26-22;/h4-6,11-12,18-19,31H,7-10,13-16H2,1-3H3;1H/q+1;/p-1/t18-,19?;/m1./s1. The van der Waals surface area contributed by atoms with Crippen LogP contribution in [0.5, 0.6) is 5.88 Å². The van der Waals surface area contributed by atoms with Crippen LogP contribution in [0.3, 0.4) is 0 Å². The quantitative estimate of drug-likeness (QED) is 0.375. The van der Waals surface area contributed by atoms with Crippen molar-refractivity contribution < 1.29 is 50.0 Å². The summed E-state index contributed by atoms with van der Waals surface area (Å²) in [7, 11) is 5.89. The average molecular weight is 542 g/mol. The van der Waals surface area contributed by atoms with Gasteiger partial charge in [0.05, 0.1) is 45.5 Å². The third-order valence-electron chi connectivity index (χ3n) is 6.09. The van der Waals surface area contributed by atoms with Crippen molar-refractivity contribution in [3.05, 3.63) is 36.3 Å². The van der Waals surface area contributed by atoms with Gasteiger partial charge in [-0.25, -0.2) is 9.18 Å². The fourth-order valence-electron chi connectivity index (χ4n) is 4.42. The number of hydrogen-bond acceptors (Lipinski definition) is 8. The fourth-order valence-corrected chi connectivity index (χ4v) is 4.42. The highest BCUT2D eigenvalue weighted by Crippen LogP contribution is 2.29. The van der Waals surface area contributed by atoms with Crippen molar-refractivity contribution in [3.63, 3.8) is 0 Å². The van der Waals surface area contributed by atoms with E-state index in [0.717, 1.165) is 0 Å². The first kappa shape index (κ1) is 28.5. The largest absolute Gasteiger partial charge is 1.00 e. The van der Waals surface area contributed by atoms with Gasteiger partial charge in [-0.05, 0) is 23.4 Å². The number of aliphatic hydroxyl groups is 1. The van der Waals surface area contributed by atoms with Crippen molar-refractivity contribution in [2.24, 2.45) is 0 Å². The molecule has 4 rings (SSSR count). The molecule has 0 radical (unpaired) electrons. The molecular formula is C24H33ClFN5O6. The molecule has 0 bridgehead atoms. The number of quaternary nitrogens is 1. The average Bonchev–Trinajstić information content (AvgIpc) is 3.46. The molecule has 1 aromatic heterocycles. The van der Waals surface area contributed by atoms with Crippen LogP contribution in [0.1, 0.15) is 6.42 Å². The van der Waals surface area contributed by atoms with E-state index in [-0.39, 0.29) is 37.9 Å². The molecule has 0 spiro atoms. The normalized spacial score (nSPS) is 18.9. The number of amides is 2. The van der Waals surface area contributed by atoms with Gasteiger partial charge in [0.15, 0.2) is 6.10 Å². The Balaban J connectivity index is 0.00000380. The Bertz CT molecular complexity index is 1060. The maximum absolute atomic E-state index is 15.1. The lowest BCUT2D eigenvalue weighted by Gasteiger charge is -2.37. The molecule has 2 amide bonds. The number of likely N-dealkylation sites (N-methyl/N-ethyl adjacent to an activating group) is 1. The zero-order valence-corrected chi connectivity index (χ0v) is 21.9. The van der Waals surface area contributed by atoms with E-state index >= 15 is 4.39 Å². The second-order valence-corrected chi connectivity index (χ2v) is 10.1. The van der Waals surface area contributed by atoms with Crippen molar-refractivity contribution in [3.8, 4) is 5.88 Å². The van der Waals surface area contributed by atoms with Gasteiger partial charge in [-0.15, -0.1) is 0 Å². The van der Waals surface area contributed by atoms with Gasteiger partial charge in [0.2, 0.25) is 5.91 Å². The second kappa shape index (κ2) is 12.0. The molecule has 11 nitrogen and oxygen atoms in total. The zero-order chi connectivity index (χ0) is 25.9. The van der Waals surface area contributed by atoms with Crippen molar-refractivity contribution in [2.75, 3.05) is 76.8 Å². The van der Waals surface area contributed by atoms with E-state index in [2.05, 4.69) is 5.16 Å². The number of anilines is 2. The van der Waals surface area contributed by atoms with Crippen LogP contribution in [0.4, 0.5) is 20.6 Å². The minimum atomic E-state index is -0.703. The van der Waals surface area contributed by atoms with Gasteiger partial charge in [-0.3, -0.25) is 9.69 Å². The minimum Gasteiger partial charge on any atom is -1.00 e. The number of piperazine rings is 1. The Morgan fingerprint density at radius 1 is 1.24 bits per heavy atom. The molecule has 2 aliphatic heterocycles. The topological polar surface area (TPSA) is 109 Å². The predicted octanol–water partition coefficient (Wildman–Crippen LogP) is -1.67. The Hall–Kier alpha value is -3.09. The van der Waals surface area contributed by atoms with Crippen LogP contribution in [0, 0.1) is 5.82 Å². The maximum atomic E-state index is 15.1. The van der Waals surface area contributed by atoms with Crippen LogP contribution in [0.2, 0.25) is 0 Å². The Kier molecular flexibility index (Phi) is 9.21. The van der Waals surface area contributed by atoms with Gasteiger partial charge in [0.1, 0.15) is 31.3 Å². The number of cyclic esters (lactones) is 1. The second-order valence-electron chi connectivity index (χ2n) is 10.1. The molecule has 1 aromatic carbocycles. The molecule has 37 heavy (non-hydrogen) atoms. The Morgan fingerprint density at radius 2 is 1.97 bits per heavy atom. The highest BCUT2D eigenvalue weighted by molar-refractivity contribution is 5.90. The van der Waals surface area contributed by atoms with Gasteiger partial charge in [-0.2, -0.15) is 0 Å². The van der Waals surface area contributed by atoms with Gasteiger partial charge >= 0.3 is 6.09 Å². The summed E-state index contributed by atoms with van der Waals surface area (Å²) in [5, 5.41) is 13.8. The van der Waals surface area contributed by atoms with E-state index in [0.29, 0.717) is 54.5 Å². The zero-order valence-electron chi connectivity index (χ0n) is 21.2. The molecule has 204 valence electrons. The number of carbonyl (C=O) groups excluding carboxylic acids is 2. The summed E-state index contributed by atoms with van der Waals surface area (Å²) in [6, 6.07) is 6.18. The number of carbonyl (C=O) groups is 2. The number of benzene rings is 1. The molecule has 2 saturated heterocycles. The number of nitrogens with zero attached hydrogens (tertiary/aromatic N) is 5. The summed E-state index contributed by atoms with van der Waals surface area (Å²) in [5.74, 6) is -0.260. The van der Waals surface area contributed by atoms with Crippen molar-refractivity contribution in [1.29, 1.82) is 0 Å². The van der Waals surface area contributed by atoms with Crippen LogP contribution in [-0.4, -0.2) is 111 Å². The van der Waals surface area contributed by atoms with E-state index in [4.69, 9.17) is 14.0 Å². The Labute approximate surface area is 221 Å². The molecule has 0 saturated carbocycles. The Morgan fingerprint density at radius 3 is 2.59 bits per heavy atom. The molecule has 0 aliphatic carbocycles. The van der Waals surface area contributed by atoms with E-state index in [1.54, 1.807) is 23.1 Å². The summed E-state index contributed by atoms with van der Waals surface area (Å²) < 4.78 is 31.1. The smallest absolute Gasteiger partial charge is 0.414 e. The van der Waals surface area contributed by atoms with Gasteiger partial charge < -0.3 is 45.8 Å². The predicted molar refractivity (Wildman–Crippen MR) is 128 cm³/mol. The fraction of sp³-hybridized carbons (Fsp3) is 0.542. The summed E-state index contributed by atoms with van der Waals surface area (Å²) in [6.45, 7) is 2.65. The van der Waals surface area contributed by atoms with Crippen molar-refractivity contribution in [1.82, 2.24) is 10.1 Å². The number of ether oxygens (including phenoxy) is 2. The number of hydrogen-bond donors (Lipinski definition) is 1. The molecule has 2 aromatic rings. The van der Waals surface area contributed by atoms with Crippen LogP contribution >= 0.6 is 0 Å². The number of aliphatic hydroxyl groups excluding tert-OH is 1. The van der Waals surface area contributed by atoms with Crippen molar-refractivity contribution >= 4 is 23.4 Å². The summed E-state index contributed by atoms with van der Waals surface area (Å²) in [4.78, 5) is 29.8. The summed E-state index contributed by atoms with van der Waals surface area (Å²) in [6.07, 6.45) is -0.345. The van der Waals surface area contributed by atoms with Gasteiger partial charge in [0.25, 0.3) is 5.88 Å². The number of rotatable bonds is 9.